The van der Waals surface area contributed by atoms with E-state index in [0.29, 0.717) is 22.8 Å². The third-order valence-electron chi connectivity index (χ3n) is 5.55. The van der Waals surface area contributed by atoms with Gasteiger partial charge in [-0.3, -0.25) is 9.69 Å². The van der Waals surface area contributed by atoms with E-state index in [1.807, 2.05) is 32.0 Å². The number of alkyl halides is 3. The minimum absolute atomic E-state index is 0.0168. The molecule has 0 saturated carbocycles. The van der Waals surface area contributed by atoms with Gasteiger partial charge in [-0.1, -0.05) is 22.9 Å². The summed E-state index contributed by atoms with van der Waals surface area (Å²) in [7, 11) is 0. The van der Waals surface area contributed by atoms with Crippen LogP contribution in [0.15, 0.2) is 28.8 Å². The van der Waals surface area contributed by atoms with E-state index in [-0.39, 0.29) is 31.1 Å². The minimum atomic E-state index is -4.46. The number of carbonyl (C=O) groups is 1. The van der Waals surface area contributed by atoms with Gasteiger partial charge in [0.1, 0.15) is 23.9 Å². The molecule has 2 aromatic heterocycles. The lowest BCUT2D eigenvalue weighted by molar-refractivity contribution is -0.172. The first-order chi connectivity index (χ1) is 15.1. The zero-order valence-corrected chi connectivity index (χ0v) is 18.2. The Hall–Kier alpha value is -3.30. The molecule has 0 aliphatic carbocycles. The smallest absolute Gasteiger partial charge is 0.410 e. The van der Waals surface area contributed by atoms with Crippen LogP contribution in [0.5, 0.6) is 5.75 Å². The van der Waals surface area contributed by atoms with Gasteiger partial charge in [0.2, 0.25) is 0 Å². The second-order valence-electron chi connectivity index (χ2n) is 8.01. The van der Waals surface area contributed by atoms with Gasteiger partial charge in [0.25, 0.3) is 5.91 Å². The van der Waals surface area contributed by atoms with Gasteiger partial charge in [-0.15, -0.1) is 0 Å². The lowest BCUT2D eigenvalue weighted by Crippen LogP contribution is -2.43. The Kier molecular flexibility index (Phi) is 5.47. The molecule has 0 saturated heterocycles. The van der Waals surface area contributed by atoms with Gasteiger partial charge in [0.15, 0.2) is 11.7 Å². The summed E-state index contributed by atoms with van der Waals surface area (Å²) in [5.41, 5.74) is 2.91. The number of benzene rings is 1. The monoisotopic (exact) mass is 448 g/mol. The lowest BCUT2D eigenvalue weighted by Gasteiger charge is -2.33. The highest BCUT2D eigenvalue weighted by atomic mass is 19.4. The first-order valence-electron chi connectivity index (χ1n) is 10.2. The molecule has 1 aromatic carbocycles. The lowest BCUT2D eigenvalue weighted by atomic mass is 10.1. The van der Waals surface area contributed by atoms with Crippen LogP contribution in [0.4, 0.5) is 19.0 Å². The number of anilines is 1. The number of amides is 1. The number of hydrogen-bond acceptors (Lipinski definition) is 5. The largest absolute Gasteiger partial charge is 0.488 e. The second kappa shape index (κ2) is 7.99. The summed E-state index contributed by atoms with van der Waals surface area (Å²) >= 11 is 0. The van der Waals surface area contributed by atoms with Crippen LogP contribution in [-0.4, -0.2) is 33.6 Å². The van der Waals surface area contributed by atoms with Gasteiger partial charge < -0.3 is 9.26 Å². The molecule has 0 fully saturated rings. The molecule has 4 rings (SSSR count). The van der Waals surface area contributed by atoms with Crippen LogP contribution in [0.3, 0.4) is 0 Å². The summed E-state index contributed by atoms with van der Waals surface area (Å²) in [6.45, 7) is 7.07. The first kappa shape index (κ1) is 21.9. The number of aromatic nitrogens is 3. The Balaban J connectivity index is 1.61. The highest BCUT2D eigenvalue weighted by Gasteiger charge is 2.46. The zero-order chi connectivity index (χ0) is 23.2. The van der Waals surface area contributed by atoms with Crippen molar-refractivity contribution in [2.75, 3.05) is 11.4 Å². The molecular weight excluding hydrogens is 425 g/mol. The topological polar surface area (TPSA) is 73.4 Å². The highest BCUT2D eigenvalue weighted by molar-refractivity contribution is 6.05. The maximum atomic E-state index is 13.5. The molecule has 32 heavy (non-hydrogen) atoms. The molecular formula is C22H23F3N4O3. The van der Waals surface area contributed by atoms with Crippen LogP contribution in [0.2, 0.25) is 0 Å². The predicted molar refractivity (Wildman–Crippen MR) is 110 cm³/mol. The molecule has 1 aliphatic heterocycles. The van der Waals surface area contributed by atoms with E-state index in [1.165, 1.54) is 11.0 Å². The standard InChI is InChI=1S/C22H23F3N4O3/c1-12-5-6-17(13(2)9-12)31-11-16-15(4)32-27-20(16)21(30)28-8-7-18(22(23,24)25)29-19(28)10-14(3)26-29/h5-6,9-10,18H,7-8,11H2,1-4H3. The number of hydrogen-bond donors (Lipinski definition) is 0. The SMILES string of the molecule is Cc1ccc(OCc2c(C(=O)N3CCC(C(F)(F)F)n4nc(C)cc43)noc2C)c(C)c1. The Labute approximate surface area is 182 Å². The Morgan fingerprint density at radius 3 is 2.66 bits per heavy atom. The molecule has 1 atom stereocenters. The fraction of sp³-hybridized carbons (Fsp3) is 0.409. The van der Waals surface area contributed by atoms with Crippen LogP contribution < -0.4 is 9.64 Å². The summed E-state index contributed by atoms with van der Waals surface area (Å²) in [5, 5.41) is 7.87. The van der Waals surface area contributed by atoms with Crippen molar-refractivity contribution in [3.8, 4) is 5.75 Å². The fourth-order valence-corrected chi connectivity index (χ4v) is 3.90. The van der Waals surface area contributed by atoms with E-state index >= 15 is 0 Å². The summed E-state index contributed by atoms with van der Waals surface area (Å²) in [6.07, 6.45) is -4.76. The molecule has 1 aliphatic rings. The average molecular weight is 448 g/mol. The number of ether oxygens (including phenoxy) is 1. The van der Waals surface area contributed by atoms with Crippen LogP contribution in [0.1, 0.15) is 51.1 Å². The van der Waals surface area contributed by atoms with Crippen LogP contribution in [0, 0.1) is 27.7 Å². The Morgan fingerprint density at radius 2 is 1.97 bits per heavy atom. The van der Waals surface area contributed by atoms with Gasteiger partial charge >= 0.3 is 6.18 Å². The van der Waals surface area contributed by atoms with E-state index in [9.17, 15) is 18.0 Å². The maximum absolute atomic E-state index is 13.5. The van der Waals surface area contributed by atoms with E-state index in [0.717, 1.165) is 15.8 Å². The van der Waals surface area contributed by atoms with Crippen molar-refractivity contribution in [3.63, 3.8) is 0 Å². The van der Waals surface area contributed by atoms with Crippen molar-refractivity contribution in [1.82, 2.24) is 14.9 Å². The summed E-state index contributed by atoms with van der Waals surface area (Å²) in [5.74, 6) is 0.605. The Bertz CT molecular complexity index is 1170. The van der Waals surface area contributed by atoms with E-state index in [1.54, 1.807) is 13.8 Å². The molecule has 1 amide bonds. The number of aryl methyl sites for hydroxylation is 4. The third-order valence-corrected chi connectivity index (χ3v) is 5.55. The van der Waals surface area contributed by atoms with Crippen LogP contribution in [-0.2, 0) is 6.61 Å². The van der Waals surface area contributed by atoms with Crippen molar-refractivity contribution in [2.24, 2.45) is 0 Å². The van der Waals surface area contributed by atoms with Crippen molar-refractivity contribution < 1.29 is 27.2 Å². The van der Waals surface area contributed by atoms with Crippen molar-refractivity contribution in [2.45, 2.75) is 52.9 Å². The molecule has 1 unspecified atom stereocenters. The van der Waals surface area contributed by atoms with Gasteiger partial charge in [-0.2, -0.15) is 18.3 Å². The van der Waals surface area contributed by atoms with E-state index in [4.69, 9.17) is 9.26 Å². The van der Waals surface area contributed by atoms with Crippen LogP contribution >= 0.6 is 0 Å². The summed E-state index contributed by atoms with van der Waals surface area (Å²) in [6, 6.07) is 5.44. The van der Waals surface area contributed by atoms with Gasteiger partial charge in [-0.25, -0.2) is 4.68 Å². The molecule has 3 heterocycles. The number of nitrogens with zero attached hydrogens (tertiary/aromatic N) is 4. The molecule has 0 radical (unpaired) electrons. The number of carbonyl (C=O) groups excluding carboxylic acids is 1. The molecule has 7 nitrogen and oxygen atoms in total. The van der Waals surface area contributed by atoms with Gasteiger partial charge in [-0.05, 0) is 45.7 Å². The van der Waals surface area contributed by atoms with Gasteiger partial charge in [0, 0.05) is 12.6 Å². The van der Waals surface area contributed by atoms with Crippen molar-refractivity contribution >= 4 is 11.7 Å². The van der Waals surface area contributed by atoms with Gasteiger partial charge in [0.05, 0.1) is 11.3 Å². The third kappa shape index (κ3) is 3.96. The summed E-state index contributed by atoms with van der Waals surface area (Å²) < 4.78 is 52.4. The normalized spacial score (nSPS) is 16.2. The minimum Gasteiger partial charge on any atom is -0.488 e. The molecule has 10 heteroatoms. The number of halogens is 3. The highest BCUT2D eigenvalue weighted by Crippen LogP contribution is 2.40. The van der Waals surface area contributed by atoms with Crippen molar-refractivity contribution in [1.29, 1.82) is 0 Å². The number of rotatable bonds is 4. The van der Waals surface area contributed by atoms with E-state index in [2.05, 4.69) is 10.3 Å². The first-order valence-corrected chi connectivity index (χ1v) is 10.2. The van der Waals surface area contributed by atoms with Crippen LogP contribution in [0.25, 0.3) is 0 Å². The maximum Gasteiger partial charge on any atom is 0.410 e. The fourth-order valence-electron chi connectivity index (χ4n) is 3.90. The predicted octanol–water partition coefficient (Wildman–Crippen LogP) is 4.84. The average Bonchev–Trinajstić information content (AvgIpc) is 3.27. The Morgan fingerprint density at radius 1 is 1.22 bits per heavy atom. The summed E-state index contributed by atoms with van der Waals surface area (Å²) in [4.78, 5) is 14.6. The molecule has 0 bridgehead atoms. The van der Waals surface area contributed by atoms with E-state index < -0.39 is 18.1 Å². The zero-order valence-electron chi connectivity index (χ0n) is 18.2. The molecule has 170 valence electrons. The second-order valence-corrected chi connectivity index (χ2v) is 8.01. The quantitative estimate of drug-likeness (QED) is 0.571. The number of fused-ring (bicyclic) bond motifs is 1. The molecule has 3 aromatic rings. The van der Waals surface area contributed by atoms with Crippen molar-refractivity contribution in [3.05, 3.63) is 58.1 Å². The molecule has 0 spiro atoms. The molecule has 0 N–H and O–H groups in total.